The molecule has 0 atom stereocenters. The standard InChI is InChI=1S/C17H17N3O5/c1-11(12-5-4-6-14(9-12)20(22)23)18-19-17(21)13-7-8-15(24-2)16(10-13)25-3/h4-10H,1-3H3,(H,19,21)/b18-11+. The van der Waals surface area contributed by atoms with Crippen LogP contribution in [0.2, 0.25) is 0 Å². The molecule has 0 aliphatic rings. The molecule has 0 fully saturated rings. The molecule has 1 N–H and O–H groups in total. The highest BCUT2D eigenvalue weighted by Crippen LogP contribution is 2.27. The Bertz CT molecular complexity index is 833. The van der Waals surface area contributed by atoms with Gasteiger partial charge in [-0.05, 0) is 25.1 Å². The van der Waals surface area contributed by atoms with Crippen LogP contribution in [0.4, 0.5) is 5.69 Å². The molecule has 8 heteroatoms. The molecule has 0 aliphatic heterocycles. The number of ether oxygens (including phenoxy) is 2. The fourth-order valence-electron chi connectivity index (χ4n) is 2.09. The van der Waals surface area contributed by atoms with Crippen LogP contribution in [0.3, 0.4) is 0 Å². The first-order chi connectivity index (χ1) is 12.0. The van der Waals surface area contributed by atoms with Crippen molar-refractivity contribution in [1.82, 2.24) is 5.43 Å². The van der Waals surface area contributed by atoms with E-state index in [0.717, 1.165) is 0 Å². The highest BCUT2D eigenvalue weighted by molar-refractivity contribution is 6.01. The Hall–Kier alpha value is -3.42. The highest BCUT2D eigenvalue weighted by atomic mass is 16.6. The molecule has 25 heavy (non-hydrogen) atoms. The zero-order valence-corrected chi connectivity index (χ0v) is 14.0. The summed E-state index contributed by atoms with van der Waals surface area (Å²) in [5, 5.41) is 14.8. The summed E-state index contributed by atoms with van der Waals surface area (Å²) < 4.78 is 10.3. The van der Waals surface area contributed by atoms with Crippen molar-refractivity contribution < 1.29 is 19.2 Å². The van der Waals surface area contributed by atoms with E-state index >= 15 is 0 Å². The number of hydrogen-bond acceptors (Lipinski definition) is 6. The third-order valence-electron chi connectivity index (χ3n) is 3.45. The van der Waals surface area contributed by atoms with E-state index in [9.17, 15) is 14.9 Å². The first-order valence-corrected chi connectivity index (χ1v) is 7.27. The van der Waals surface area contributed by atoms with Gasteiger partial charge in [0.1, 0.15) is 0 Å². The van der Waals surface area contributed by atoms with E-state index in [1.54, 1.807) is 31.2 Å². The van der Waals surface area contributed by atoms with Crippen molar-refractivity contribution in [2.75, 3.05) is 14.2 Å². The number of nitrogens with one attached hydrogen (secondary N) is 1. The smallest absolute Gasteiger partial charge is 0.271 e. The second kappa shape index (κ2) is 7.91. The van der Waals surface area contributed by atoms with Crippen LogP contribution in [0, 0.1) is 10.1 Å². The van der Waals surface area contributed by atoms with Crippen molar-refractivity contribution in [2.45, 2.75) is 6.92 Å². The number of carbonyl (C=O) groups excluding carboxylic acids is 1. The first kappa shape index (κ1) is 17.9. The summed E-state index contributed by atoms with van der Waals surface area (Å²) in [5.41, 5.74) is 3.70. The molecule has 2 aromatic rings. The molecular formula is C17H17N3O5. The lowest BCUT2D eigenvalue weighted by atomic mass is 10.1. The van der Waals surface area contributed by atoms with Crippen LogP contribution >= 0.6 is 0 Å². The molecule has 0 unspecified atom stereocenters. The van der Waals surface area contributed by atoms with Crippen LogP contribution in [0.5, 0.6) is 11.5 Å². The number of nitro groups is 1. The van der Waals surface area contributed by atoms with E-state index in [4.69, 9.17) is 9.47 Å². The maximum Gasteiger partial charge on any atom is 0.271 e. The SMILES string of the molecule is COc1ccc(C(=O)N/N=C(\C)c2cccc([N+](=O)[O-])c2)cc1OC. The van der Waals surface area contributed by atoms with E-state index < -0.39 is 10.8 Å². The molecule has 0 spiro atoms. The maximum absolute atomic E-state index is 12.2. The molecule has 0 radical (unpaired) electrons. The number of benzene rings is 2. The monoisotopic (exact) mass is 343 g/mol. The minimum absolute atomic E-state index is 0.0433. The molecule has 8 nitrogen and oxygen atoms in total. The summed E-state index contributed by atoms with van der Waals surface area (Å²) in [6.45, 7) is 1.65. The lowest BCUT2D eigenvalue weighted by molar-refractivity contribution is -0.384. The zero-order valence-electron chi connectivity index (χ0n) is 14.0. The largest absolute Gasteiger partial charge is 0.493 e. The summed E-state index contributed by atoms with van der Waals surface area (Å²) in [6.07, 6.45) is 0. The molecule has 2 aromatic carbocycles. The number of carbonyl (C=O) groups is 1. The molecule has 1 amide bonds. The fourth-order valence-corrected chi connectivity index (χ4v) is 2.09. The lowest BCUT2D eigenvalue weighted by Gasteiger charge is -2.09. The average Bonchev–Trinajstić information content (AvgIpc) is 2.65. The average molecular weight is 343 g/mol. The fraction of sp³-hybridized carbons (Fsp3) is 0.176. The number of methoxy groups -OCH3 is 2. The van der Waals surface area contributed by atoms with Crippen molar-refractivity contribution in [3.63, 3.8) is 0 Å². The van der Waals surface area contributed by atoms with Gasteiger partial charge in [-0.25, -0.2) is 5.43 Å². The van der Waals surface area contributed by atoms with Gasteiger partial charge in [0.25, 0.3) is 11.6 Å². The van der Waals surface area contributed by atoms with E-state index in [-0.39, 0.29) is 5.69 Å². The van der Waals surface area contributed by atoms with Gasteiger partial charge in [0.2, 0.25) is 0 Å². The number of hydrogen-bond donors (Lipinski definition) is 1. The predicted molar refractivity (Wildman–Crippen MR) is 92.3 cm³/mol. The Kier molecular flexibility index (Phi) is 5.67. The Balaban J connectivity index is 2.16. The van der Waals surface area contributed by atoms with Crippen molar-refractivity contribution in [1.29, 1.82) is 0 Å². The number of non-ortho nitro benzene ring substituents is 1. The zero-order chi connectivity index (χ0) is 18.4. The molecule has 0 aromatic heterocycles. The van der Waals surface area contributed by atoms with Gasteiger partial charge in [-0.2, -0.15) is 5.10 Å². The van der Waals surface area contributed by atoms with Gasteiger partial charge >= 0.3 is 0 Å². The molecule has 0 heterocycles. The third-order valence-corrected chi connectivity index (χ3v) is 3.45. The Morgan fingerprint density at radius 3 is 2.44 bits per heavy atom. The van der Waals surface area contributed by atoms with Crippen LogP contribution in [-0.2, 0) is 0 Å². The van der Waals surface area contributed by atoms with Gasteiger partial charge in [-0.15, -0.1) is 0 Å². The van der Waals surface area contributed by atoms with Gasteiger partial charge in [-0.1, -0.05) is 12.1 Å². The second-order valence-electron chi connectivity index (χ2n) is 5.02. The number of rotatable bonds is 6. The van der Waals surface area contributed by atoms with Crippen LogP contribution in [0.25, 0.3) is 0 Å². The van der Waals surface area contributed by atoms with Crippen molar-refractivity contribution in [2.24, 2.45) is 5.10 Å². The third kappa shape index (κ3) is 4.31. The number of hydrazone groups is 1. The molecule has 130 valence electrons. The van der Waals surface area contributed by atoms with Gasteiger partial charge < -0.3 is 9.47 Å². The summed E-state index contributed by atoms with van der Waals surface area (Å²) >= 11 is 0. The molecule has 0 bridgehead atoms. The Morgan fingerprint density at radius 1 is 1.08 bits per heavy atom. The van der Waals surface area contributed by atoms with E-state index in [1.807, 2.05) is 0 Å². The van der Waals surface area contributed by atoms with Gasteiger partial charge in [0, 0.05) is 23.3 Å². The Morgan fingerprint density at radius 2 is 1.80 bits per heavy atom. The van der Waals surface area contributed by atoms with Crippen molar-refractivity contribution in [3.8, 4) is 11.5 Å². The first-order valence-electron chi connectivity index (χ1n) is 7.27. The van der Waals surface area contributed by atoms with Gasteiger partial charge in [0.05, 0.1) is 24.9 Å². The number of nitro benzene ring substituents is 1. The number of nitrogens with zero attached hydrogens (tertiary/aromatic N) is 2. The summed E-state index contributed by atoms with van der Waals surface area (Å²) in [4.78, 5) is 22.5. The molecule has 0 saturated carbocycles. The minimum Gasteiger partial charge on any atom is -0.493 e. The summed E-state index contributed by atoms with van der Waals surface area (Å²) in [5.74, 6) is 0.496. The topological polar surface area (TPSA) is 103 Å². The molecule has 0 saturated heterocycles. The van der Waals surface area contributed by atoms with E-state index in [0.29, 0.717) is 28.3 Å². The summed E-state index contributed by atoms with van der Waals surface area (Å²) in [6, 6.07) is 10.7. The Labute approximate surface area is 144 Å². The molecular weight excluding hydrogens is 326 g/mol. The lowest BCUT2D eigenvalue weighted by Crippen LogP contribution is -2.19. The van der Waals surface area contributed by atoms with Gasteiger partial charge in [-0.3, -0.25) is 14.9 Å². The quantitative estimate of drug-likeness (QED) is 0.493. The molecule has 2 rings (SSSR count). The van der Waals surface area contributed by atoms with E-state index in [2.05, 4.69) is 10.5 Å². The highest BCUT2D eigenvalue weighted by Gasteiger charge is 2.11. The predicted octanol–water partition coefficient (Wildman–Crippen LogP) is 2.77. The van der Waals surface area contributed by atoms with Crippen LogP contribution < -0.4 is 14.9 Å². The number of amides is 1. The maximum atomic E-state index is 12.2. The van der Waals surface area contributed by atoms with Crippen molar-refractivity contribution in [3.05, 3.63) is 63.7 Å². The van der Waals surface area contributed by atoms with Crippen LogP contribution in [0.15, 0.2) is 47.6 Å². The summed E-state index contributed by atoms with van der Waals surface area (Å²) in [7, 11) is 2.98. The molecule has 0 aliphatic carbocycles. The normalized spacial score (nSPS) is 10.9. The second-order valence-corrected chi connectivity index (χ2v) is 5.02. The van der Waals surface area contributed by atoms with Crippen LogP contribution in [-0.4, -0.2) is 30.8 Å². The minimum atomic E-state index is -0.487. The van der Waals surface area contributed by atoms with Gasteiger partial charge in [0.15, 0.2) is 11.5 Å². The van der Waals surface area contributed by atoms with Crippen LogP contribution in [0.1, 0.15) is 22.8 Å². The van der Waals surface area contributed by atoms with Crippen molar-refractivity contribution >= 4 is 17.3 Å². The van der Waals surface area contributed by atoms with E-state index in [1.165, 1.54) is 32.4 Å².